The zero-order valence-electron chi connectivity index (χ0n) is 34.8. The van der Waals surface area contributed by atoms with Crippen LogP contribution in [-0.4, -0.2) is 70.4 Å². The highest BCUT2D eigenvalue weighted by atomic mass is 19.1. The number of amides is 1. The van der Waals surface area contributed by atoms with Gasteiger partial charge in [0.15, 0.2) is 28.6 Å². The van der Waals surface area contributed by atoms with Crippen LogP contribution in [0.2, 0.25) is 0 Å². The number of methoxy groups -OCH3 is 1. The van der Waals surface area contributed by atoms with Gasteiger partial charge in [-0.3, -0.25) is 19.8 Å². The Balaban J connectivity index is 0.000000202. The number of ether oxygens (including phenoxy) is 1. The number of nitrogens with two attached hydrogens (primary N) is 2. The van der Waals surface area contributed by atoms with Crippen molar-refractivity contribution < 1.29 is 31.9 Å². The molecule has 21 heteroatoms. The second kappa shape index (κ2) is 19.0. The molecular formula is C44H42F4N14O3. The number of esters is 1. The predicted octanol–water partition coefficient (Wildman–Crippen LogP) is 6.70. The second-order valence-electron chi connectivity index (χ2n) is 15.3. The second-order valence-corrected chi connectivity index (χ2v) is 15.3. The van der Waals surface area contributed by atoms with Crippen LogP contribution in [0, 0.1) is 52.0 Å². The van der Waals surface area contributed by atoms with Gasteiger partial charge < -0.3 is 21.5 Å². The summed E-state index contributed by atoms with van der Waals surface area (Å²) in [5, 5.41) is 28.0. The van der Waals surface area contributed by atoms with Crippen molar-refractivity contribution in [3.63, 3.8) is 0 Å². The van der Waals surface area contributed by atoms with Gasteiger partial charge in [-0.2, -0.15) is 15.5 Å². The maximum atomic E-state index is 14.2. The van der Waals surface area contributed by atoms with Gasteiger partial charge in [-0.15, -0.1) is 0 Å². The molecule has 8 rings (SSSR count). The molecule has 1 amide bonds. The van der Waals surface area contributed by atoms with E-state index in [0.717, 1.165) is 12.4 Å². The van der Waals surface area contributed by atoms with Crippen LogP contribution in [0.25, 0.3) is 38.4 Å². The highest BCUT2D eigenvalue weighted by Gasteiger charge is 2.44. The smallest absolute Gasteiger partial charge is 0.322 e. The van der Waals surface area contributed by atoms with E-state index in [0.29, 0.717) is 44.6 Å². The standard InChI is InChI=1S/C21H17F2N7O.C14H11F2N5.C8H10N2O2.CH4/c1-21(2)14-16(24)26-18(27-17(14)28-20(21)31)15-12-7-11(22)8-25-19(12)30(29-15)9-10-5-3-4-6-13(10)23;15-9-5-10-12(13(17)18)20-21(14(10)19-6-9)7-8-3-1-2-4-11(8)16;1-8(2,7(11)12-4)6(5-9)10-3;/h3-8H,9H2,1-2H3,(H3,24,26,27,28,31);1-6H,7H2,(H3,17,18);6H,1-2,4H3;1H4. The molecule has 0 saturated carbocycles. The molecule has 0 fully saturated rings. The van der Waals surface area contributed by atoms with Gasteiger partial charge in [0.2, 0.25) is 5.91 Å². The third kappa shape index (κ3) is 9.54. The van der Waals surface area contributed by atoms with E-state index < -0.39 is 40.3 Å². The zero-order chi connectivity index (χ0) is 46.7. The summed E-state index contributed by atoms with van der Waals surface area (Å²) in [7, 11) is 1.24. The molecule has 0 spiro atoms. The number of fused-ring (bicyclic) bond motifs is 3. The molecule has 0 saturated heterocycles. The zero-order valence-corrected chi connectivity index (χ0v) is 34.8. The van der Waals surface area contributed by atoms with Crippen LogP contribution in [0.1, 0.15) is 57.5 Å². The molecule has 0 bridgehead atoms. The first-order valence-corrected chi connectivity index (χ1v) is 19.0. The number of nitrogens with zero attached hydrogens (tertiary/aromatic N) is 10. The van der Waals surface area contributed by atoms with E-state index in [2.05, 4.69) is 45.0 Å². The van der Waals surface area contributed by atoms with Gasteiger partial charge in [-0.1, -0.05) is 43.8 Å². The number of carbonyl (C=O) groups is 2. The van der Waals surface area contributed by atoms with Gasteiger partial charge >= 0.3 is 12.0 Å². The number of benzene rings is 2. The molecule has 0 radical (unpaired) electrons. The molecule has 1 aliphatic heterocycles. The summed E-state index contributed by atoms with van der Waals surface area (Å²) < 4.78 is 62.5. The number of anilines is 2. The summed E-state index contributed by atoms with van der Waals surface area (Å²) in [4.78, 5) is 43.3. The summed E-state index contributed by atoms with van der Waals surface area (Å²) in [6.07, 6.45) is 2.11. The van der Waals surface area contributed by atoms with Crippen molar-refractivity contribution in [3.8, 4) is 17.6 Å². The maximum absolute atomic E-state index is 14.2. The number of hydrogen-bond acceptors (Lipinski definition) is 12. The Labute approximate surface area is 369 Å². The largest absolute Gasteiger partial charge is 0.468 e. The Bertz CT molecular complexity index is 3050. The summed E-state index contributed by atoms with van der Waals surface area (Å²) >= 11 is 0. The molecule has 17 nitrogen and oxygen atoms in total. The van der Waals surface area contributed by atoms with Crippen LogP contribution < -0.4 is 16.8 Å². The molecule has 6 heterocycles. The first kappa shape index (κ1) is 47.7. The van der Waals surface area contributed by atoms with Gasteiger partial charge in [0.1, 0.15) is 52.1 Å². The normalized spacial score (nSPS) is 12.8. The minimum Gasteiger partial charge on any atom is -0.468 e. The number of nitrogens with one attached hydrogen (secondary N) is 2. The number of rotatable bonds is 8. The number of hydrogen-bond donors (Lipinski definition) is 4. The van der Waals surface area contributed by atoms with Crippen LogP contribution in [0.3, 0.4) is 0 Å². The highest BCUT2D eigenvalue weighted by molar-refractivity contribution is 6.06. The fraction of sp³-hybridized carbons (Fsp3) is 0.250. The molecule has 6 N–H and O–H groups in total. The van der Waals surface area contributed by atoms with Crippen molar-refractivity contribution >= 4 is 51.4 Å². The number of amidine groups is 1. The summed E-state index contributed by atoms with van der Waals surface area (Å²) in [6.45, 7) is 13.4. The minimum atomic E-state index is -1.05. The van der Waals surface area contributed by atoms with E-state index in [1.165, 1.54) is 54.6 Å². The van der Waals surface area contributed by atoms with Gasteiger partial charge in [0.25, 0.3) is 0 Å². The van der Waals surface area contributed by atoms with Crippen LogP contribution >= 0.6 is 0 Å². The highest BCUT2D eigenvalue weighted by Crippen LogP contribution is 2.40. The quantitative estimate of drug-likeness (QED) is 0.0409. The van der Waals surface area contributed by atoms with Gasteiger partial charge in [-0.25, -0.2) is 53.4 Å². The monoisotopic (exact) mass is 890 g/mol. The van der Waals surface area contributed by atoms with Crippen molar-refractivity contribution in [2.75, 3.05) is 18.2 Å². The molecule has 65 heavy (non-hydrogen) atoms. The van der Waals surface area contributed by atoms with Crippen LogP contribution in [0.15, 0.2) is 73.1 Å². The van der Waals surface area contributed by atoms with Crippen molar-refractivity contribution in [2.45, 2.75) is 59.7 Å². The number of aromatic nitrogens is 8. The fourth-order valence-electron chi connectivity index (χ4n) is 6.62. The van der Waals surface area contributed by atoms with Crippen molar-refractivity contribution in [1.82, 2.24) is 39.5 Å². The molecule has 1 aliphatic rings. The summed E-state index contributed by atoms with van der Waals surface area (Å²) in [5.74, 6) is -2.42. The predicted molar refractivity (Wildman–Crippen MR) is 233 cm³/mol. The molecule has 1 unspecified atom stereocenters. The fourth-order valence-corrected chi connectivity index (χ4v) is 6.62. The van der Waals surface area contributed by atoms with E-state index >= 15 is 0 Å². The Hall–Kier alpha value is -8.33. The third-order valence-electron chi connectivity index (χ3n) is 10.1. The average molecular weight is 891 g/mol. The van der Waals surface area contributed by atoms with E-state index in [1.807, 2.05) is 0 Å². The SMILES string of the molecule is C.CC1(C)C(=O)Nc2nc(-c3nn(Cc4ccccc4F)c4ncc(F)cc34)nc(N)c21.N=C(N)c1nn(Cc2ccccc2F)c2ncc(F)cc12.[C-]#[N+]C(C#N)C(C)(C)C(=O)OC. The maximum Gasteiger partial charge on any atom is 0.322 e. The van der Waals surface area contributed by atoms with Gasteiger partial charge in [0, 0.05) is 11.1 Å². The first-order valence-electron chi connectivity index (χ1n) is 19.0. The Morgan fingerprint density at radius 1 is 0.954 bits per heavy atom. The Morgan fingerprint density at radius 2 is 1.48 bits per heavy atom. The molecule has 334 valence electrons. The third-order valence-corrected chi connectivity index (χ3v) is 10.1. The van der Waals surface area contributed by atoms with Crippen molar-refractivity contribution in [3.05, 3.63) is 130 Å². The Morgan fingerprint density at radius 3 is 1.98 bits per heavy atom. The van der Waals surface area contributed by atoms with E-state index in [1.54, 1.807) is 56.3 Å². The first-order chi connectivity index (χ1) is 30.3. The summed E-state index contributed by atoms with van der Waals surface area (Å²) in [6, 6.07) is 15.8. The number of nitriles is 1. The van der Waals surface area contributed by atoms with E-state index in [-0.39, 0.29) is 61.1 Å². The van der Waals surface area contributed by atoms with Crippen molar-refractivity contribution in [2.24, 2.45) is 11.1 Å². The lowest BCUT2D eigenvalue weighted by molar-refractivity contribution is -0.150. The van der Waals surface area contributed by atoms with Crippen LogP contribution in [0.4, 0.5) is 29.2 Å². The lowest BCUT2D eigenvalue weighted by Crippen LogP contribution is -2.35. The summed E-state index contributed by atoms with van der Waals surface area (Å²) in [5.41, 5.74) is 12.0. The van der Waals surface area contributed by atoms with Gasteiger partial charge in [-0.05, 0) is 52.0 Å². The number of pyridine rings is 2. The average Bonchev–Trinajstić information content (AvgIpc) is 3.87. The number of halogens is 4. The number of carbonyl (C=O) groups excluding carboxylic acids is 2. The van der Waals surface area contributed by atoms with Gasteiger partial charge in [0.05, 0.1) is 54.3 Å². The molecule has 0 aliphatic carbocycles. The Kier molecular flexibility index (Phi) is 13.9. The molecule has 1 atom stereocenters. The topological polar surface area (TPSA) is 247 Å². The molecular weight excluding hydrogens is 849 g/mol. The number of nitrogen functional groups attached to an aromatic ring is 2. The molecule has 7 aromatic rings. The lowest BCUT2D eigenvalue weighted by Gasteiger charge is -2.17. The van der Waals surface area contributed by atoms with E-state index in [4.69, 9.17) is 28.7 Å². The van der Waals surface area contributed by atoms with Crippen molar-refractivity contribution in [1.29, 1.82) is 10.7 Å². The lowest BCUT2D eigenvalue weighted by atomic mass is 9.86. The molecule has 2 aromatic carbocycles. The molecule has 5 aromatic heterocycles. The van der Waals surface area contributed by atoms with E-state index in [9.17, 15) is 27.2 Å². The van der Waals surface area contributed by atoms with Crippen LogP contribution in [-0.2, 0) is 32.8 Å². The minimum absolute atomic E-state index is 0. The van der Waals surface area contributed by atoms with Crippen LogP contribution in [0.5, 0.6) is 0 Å².